The SMILES string of the molecule is Cc1ccc(NS(=O)(=O)c2ccsc2C(=O)NC2CCN(C(C)(C)C)CC2)cc1. The average molecular weight is 436 g/mol. The molecule has 0 saturated carbocycles. The van der Waals surface area contributed by atoms with Gasteiger partial charge in [-0.3, -0.25) is 14.4 Å². The largest absolute Gasteiger partial charge is 0.348 e. The third kappa shape index (κ3) is 5.38. The molecule has 0 atom stereocenters. The topological polar surface area (TPSA) is 78.5 Å². The first kappa shape index (κ1) is 21.8. The van der Waals surface area contributed by atoms with Crippen LogP contribution >= 0.6 is 11.3 Å². The van der Waals surface area contributed by atoms with Gasteiger partial charge >= 0.3 is 0 Å². The van der Waals surface area contributed by atoms with Crippen molar-refractivity contribution in [1.29, 1.82) is 0 Å². The second-order valence-electron chi connectivity index (χ2n) is 8.49. The second-order valence-corrected chi connectivity index (χ2v) is 11.1. The van der Waals surface area contributed by atoms with E-state index in [1.54, 1.807) is 17.5 Å². The summed E-state index contributed by atoms with van der Waals surface area (Å²) in [6.45, 7) is 10.3. The van der Waals surface area contributed by atoms with Gasteiger partial charge in [-0.1, -0.05) is 17.7 Å². The van der Waals surface area contributed by atoms with Crippen LogP contribution in [-0.2, 0) is 10.0 Å². The van der Waals surface area contributed by atoms with E-state index < -0.39 is 10.0 Å². The highest BCUT2D eigenvalue weighted by Gasteiger charge is 2.30. The van der Waals surface area contributed by atoms with Crippen LogP contribution in [0.5, 0.6) is 0 Å². The number of nitrogens with one attached hydrogen (secondary N) is 2. The highest BCUT2D eigenvalue weighted by molar-refractivity contribution is 7.93. The molecule has 2 aromatic rings. The van der Waals surface area contributed by atoms with Crippen LogP contribution in [0.25, 0.3) is 0 Å². The standard InChI is InChI=1S/C21H29N3O3S2/c1-15-5-7-17(8-6-15)23-29(26,27)18-11-14-28-19(18)20(25)22-16-9-12-24(13-10-16)21(2,3)4/h5-8,11,14,16,23H,9-10,12-13H2,1-4H3,(H,22,25). The van der Waals surface area contributed by atoms with Gasteiger partial charge in [0.2, 0.25) is 0 Å². The zero-order valence-corrected chi connectivity index (χ0v) is 19.0. The number of rotatable bonds is 5. The molecule has 1 fully saturated rings. The normalized spacial score (nSPS) is 16.6. The molecule has 29 heavy (non-hydrogen) atoms. The summed E-state index contributed by atoms with van der Waals surface area (Å²) >= 11 is 1.15. The molecule has 0 aliphatic carbocycles. The number of piperidine rings is 1. The number of carbonyl (C=O) groups is 1. The van der Waals surface area contributed by atoms with Crippen LogP contribution in [0.1, 0.15) is 48.8 Å². The highest BCUT2D eigenvalue weighted by atomic mass is 32.2. The fourth-order valence-electron chi connectivity index (χ4n) is 3.45. The lowest BCUT2D eigenvalue weighted by Gasteiger charge is -2.41. The first-order valence-corrected chi connectivity index (χ1v) is 12.2. The van der Waals surface area contributed by atoms with E-state index in [0.29, 0.717) is 5.69 Å². The third-order valence-electron chi connectivity index (χ3n) is 5.21. The lowest BCUT2D eigenvalue weighted by atomic mass is 9.98. The zero-order chi connectivity index (χ0) is 21.2. The summed E-state index contributed by atoms with van der Waals surface area (Å²) in [5, 5.41) is 4.67. The molecule has 0 radical (unpaired) electrons. The van der Waals surface area contributed by atoms with Crippen molar-refractivity contribution in [3.05, 3.63) is 46.2 Å². The maximum Gasteiger partial charge on any atom is 0.263 e. The summed E-state index contributed by atoms with van der Waals surface area (Å²) in [6, 6.07) is 8.64. The number of sulfonamides is 1. The molecule has 8 heteroatoms. The lowest BCUT2D eigenvalue weighted by Crippen LogP contribution is -2.50. The average Bonchev–Trinajstić information content (AvgIpc) is 3.14. The fourth-order valence-corrected chi connectivity index (χ4v) is 5.84. The van der Waals surface area contributed by atoms with Crippen LogP contribution in [0, 0.1) is 6.92 Å². The van der Waals surface area contributed by atoms with Gasteiger partial charge in [-0.15, -0.1) is 11.3 Å². The van der Waals surface area contributed by atoms with Crippen LogP contribution in [0.3, 0.4) is 0 Å². The number of likely N-dealkylation sites (tertiary alicyclic amines) is 1. The van der Waals surface area contributed by atoms with Gasteiger partial charge in [0, 0.05) is 30.4 Å². The van der Waals surface area contributed by atoms with Crippen molar-refractivity contribution < 1.29 is 13.2 Å². The number of benzene rings is 1. The van der Waals surface area contributed by atoms with Crippen molar-refractivity contribution >= 4 is 33.0 Å². The molecule has 2 N–H and O–H groups in total. The van der Waals surface area contributed by atoms with E-state index in [-0.39, 0.29) is 27.3 Å². The summed E-state index contributed by atoms with van der Waals surface area (Å²) in [6.07, 6.45) is 1.72. The number of nitrogens with zero attached hydrogens (tertiary/aromatic N) is 1. The quantitative estimate of drug-likeness (QED) is 0.748. The van der Waals surface area contributed by atoms with Crippen molar-refractivity contribution in [3.63, 3.8) is 0 Å². The van der Waals surface area contributed by atoms with E-state index in [1.807, 2.05) is 19.1 Å². The molecular formula is C21H29N3O3S2. The summed E-state index contributed by atoms with van der Waals surface area (Å²) < 4.78 is 28.2. The Labute approximate surface area is 177 Å². The van der Waals surface area contributed by atoms with Gasteiger partial charge in [-0.25, -0.2) is 8.42 Å². The first-order valence-electron chi connectivity index (χ1n) is 9.79. The molecule has 1 saturated heterocycles. The zero-order valence-electron chi connectivity index (χ0n) is 17.4. The number of carbonyl (C=O) groups excluding carboxylic acids is 1. The molecule has 3 rings (SSSR count). The van der Waals surface area contributed by atoms with Crippen molar-refractivity contribution in [1.82, 2.24) is 10.2 Å². The molecule has 2 heterocycles. The minimum absolute atomic E-state index is 0.0210. The van der Waals surface area contributed by atoms with E-state index in [0.717, 1.165) is 42.8 Å². The Hall–Kier alpha value is -1.90. The number of thiophene rings is 1. The maximum atomic E-state index is 12.8. The Bertz CT molecular complexity index is 952. The predicted molar refractivity (Wildman–Crippen MR) is 118 cm³/mol. The number of hydrogen-bond donors (Lipinski definition) is 2. The monoisotopic (exact) mass is 435 g/mol. The highest BCUT2D eigenvalue weighted by Crippen LogP contribution is 2.26. The van der Waals surface area contributed by atoms with Gasteiger partial charge < -0.3 is 5.32 Å². The molecule has 1 aliphatic rings. The summed E-state index contributed by atoms with van der Waals surface area (Å²) in [4.78, 5) is 15.5. The molecule has 0 unspecified atom stereocenters. The van der Waals surface area contributed by atoms with E-state index >= 15 is 0 Å². The van der Waals surface area contributed by atoms with E-state index in [4.69, 9.17) is 0 Å². The molecule has 1 aromatic carbocycles. The van der Waals surface area contributed by atoms with E-state index in [9.17, 15) is 13.2 Å². The fraction of sp³-hybridized carbons (Fsp3) is 0.476. The Balaban J connectivity index is 1.68. The number of aryl methyl sites for hydroxylation is 1. The minimum atomic E-state index is -3.84. The van der Waals surface area contributed by atoms with Gasteiger partial charge in [0.1, 0.15) is 9.77 Å². The molecule has 1 aliphatic heterocycles. The summed E-state index contributed by atoms with van der Waals surface area (Å²) in [5.74, 6) is -0.321. The van der Waals surface area contributed by atoms with Crippen molar-refractivity contribution in [2.45, 2.75) is 57.0 Å². The van der Waals surface area contributed by atoms with E-state index in [2.05, 4.69) is 35.7 Å². The third-order valence-corrected chi connectivity index (χ3v) is 7.67. The first-order chi connectivity index (χ1) is 13.6. The van der Waals surface area contributed by atoms with E-state index in [1.165, 1.54) is 6.07 Å². The maximum absolute atomic E-state index is 12.8. The van der Waals surface area contributed by atoms with Gasteiger partial charge in [0.25, 0.3) is 15.9 Å². The van der Waals surface area contributed by atoms with Gasteiger partial charge in [0.05, 0.1) is 0 Å². The minimum Gasteiger partial charge on any atom is -0.348 e. The van der Waals surface area contributed by atoms with Crippen LogP contribution in [0.4, 0.5) is 5.69 Å². The Kier molecular flexibility index (Phi) is 6.36. The number of anilines is 1. The van der Waals surface area contributed by atoms with Crippen molar-refractivity contribution in [2.24, 2.45) is 0 Å². The molecule has 1 aromatic heterocycles. The number of amides is 1. The van der Waals surface area contributed by atoms with Gasteiger partial charge in [0.15, 0.2) is 0 Å². The van der Waals surface area contributed by atoms with Gasteiger partial charge in [-0.2, -0.15) is 0 Å². The van der Waals surface area contributed by atoms with Crippen molar-refractivity contribution in [3.8, 4) is 0 Å². The van der Waals surface area contributed by atoms with Crippen molar-refractivity contribution in [2.75, 3.05) is 17.8 Å². The molecule has 158 valence electrons. The van der Waals surface area contributed by atoms with Crippen LogP contribution in [0.15, 0.2) is 40.6 Å². The Morgan fingerprint density at radius 2 is 1.72 bits per heavy atom. The smallest absolute Gasteiger partial charge is 0.263 e. The summed E-state index contributed by atoms with van der Waals surface area (Å²) in [7, 11) is -3.84. The van der Waals surface area contributed by atoms with Crippen LogP contribution in [0.2, 0.25) is 0 Å². The van der Waals surface area contributed by atoms with Crippen LogP contribution in [-0.4, -0.2) is 43.9 Å². The Morgan fingerprint density at radius 1 is 1.10 bits per heavy atom. The molecule has 0 spiro atoms. The van der Waals surface area contributed by atoms with Crippen LogP contribution < -0.4 is 10.0 Å². The lowest BCUT2D eigenvalue weighted by molar-refractivity contribution is 0.0813. The molecule has 6 nitrogen and oxygen atoms in total. The van der Waals surface area contributed by atoms with Gasteiger partial charge in [-0.05, 0) is 64.1 Å². The Morgan fingerprint density at radius 3 is 2.31 bits per heavy atom. The molecular weight excluding hydrogens is 406 g/mol. The molecule has 0 bridgehead atoms. The second kappa shape index (κ2) is 8.45. The number of hydrogen-bond acceptors (Lipinski definition) is 5. The molecule has 1 amide bonds. The summed E-state index contributed by atoms with van der Waals surface area (Å²) in [5.41, 5.74) is 1.63. The predicted octanol–water partition coefficient (Wildman–Crippen LogP) is 3.85.